The van der Waals surface area contributed by atoms with Gasteiger partial charge in [0.05, 0.1) is 0 Å². The molecule has 0 spiro atoms. The van der Waals surface area contributed by atoms with Gasteiger partial charge in [0, 0.05) is 5.56 Å². The Bertz CT molecular complexity index is 526. The number of ether oxygens (including phenoxy) is 1. The molecule has 74 valence electrons. The van der Waals surface area contributed by atoms with Crippen LogP contribution in [0, 0.1) is 0 Å². The minimum atomic E-state index is 0.686. The molecule has 0 atom stereocenters. The molecule has 1 heteroatoms. The zero-order chi connectivity index (χ0) is 10.1. The van der Waals surface area contributed by atoms with E-state index in [1.54, 1.807) is 0 Å². The molecular formula is C14H12O. The highest BCUT2D eigenvalue weighted by molar-refractivity contribution is 5.88. The van der Waals surface area contributed by atoms with Crippen LogP contribution >= 0.6 is 0 Å². The fourth-order valence-electron chi connectivity index (χ4n) is 2.07. The summed E-state index contributed by atoms with van der Waals surface area (Å²) in [6, 6.07) is 12.7. The molecule has 0 amide bonds. The number of benzene rings is 2. The molecule has 0 aromatic heterocycles. The molecule has 1 aliphatic rings. The summed E-state index contributed by atoms with van der Waals surface area (Å²) >= 11 is 0. The maximum absolute atomic E-state index is 5.67. The van der Waals surface area contributed by atoms with Crippen LogP contribution in [0.5, 0.6) is 5.75 Å². The Balaban J connectivity index is 2.31. The molecule has 3 rings (SSSR count). The molecule has 1 aliphatic heterocycles. The fraction of sp³-hybridized carbons (Fsp3) is 0.143. The van der Waals surface area contributed by atoms with Gasteiger partial charge in [-0.05, 0) is 23.3 Å². The molecule has 2 aromatic carbocycles. The Morgan fingerprint density at radius 1 is 0.933 bits per heavy atom. The van der Waals surface area contributed by atoms with E-state index in [2.05, 4.69) is 48.6 Å². The van der Waals surface area contributed by atoms with Crippen LogP contribution < -0.4 is 4.74 Å². The van der Waals surface area contributed by atoms with Gasteiger partial charge in [-0.2, -0.15) is 0 Å². The smallest absolute Gasteiger partial charge is 0.123 e. The van der Waals surface area contributed by atoms with Crippen molar-refractivity contribution < 1.29 is 4.74 Å². The first-order valence-corrected chi connectivity index (χ1v) is 5.23. The normalized spacial score (nSPS) is 14.4. The zero-order valence-corrected chi connectivity index (χ0v) is 8.44. The van der Waals surface area contributed by atoms with Gasteiger partial charge in [0.1, 0.15) is 12.4 Å². The molecule has 15 heavy (non-hydrogen) atoms. The number of fused-ring (bicyclic) bond motifs is 3. The Hall–Kier alpha value is -1.76. The van der Waals surface area contributed by atoms with Crippen molar-refractivity contribution in [3.8, 4) is 5.75 Å². The summed E-state index contributed by atoms with van der Waals surface area (Å²) in [6.07, 6.45) is 5.23. The summed E-state index contributed by atoms with van der Waals surface area (Å²) in [5.41, 5.74) is 1.31. The number of hydrogen-bond donors (Lipinski definition) is 0. The number of allylic oxidation sites excluding steroid dienone is 1. The van der Waals surface area contributed by atoms with Crippen LogP contribution in [-0.4, -0.2) is 6.61 Å². The van der Waals surface area contributed by atoms with Crippen molar-refractivity contribution in [3.63, 3.8) is 0 Å². The van der Waals surface area contributed by atoms with Crippen LogP contribution in [0.25, 0.3) is 10.8 Å². The first-order valence-electron chi connectivity index (χ1n) is 5.23. The summed E-state index contributed by atoms with van der Waals surface area (Å²) in [7, 11) is 0. The van der Waals surface area contributed by atoms with Crippen molar-refractivity contribution in [1.82, 2.24) is 0 Å². The average molecular weight is 196 g/mol. The zero-order valence-electron chi connectivity index (χ0n) is 8.44. The monoisotopic (exact) mass is 196 g/mol. The van der Waals surface area contributed by atoms with Crippen molar-refractivity contribution in [2.24, 2.45) is 0 Å². The molecule has 0 radical (unpaired) electrons. The maximum atomic E-state index is 5.67. The van der Waals surface area contributed by atoms with Gasteiger partial charge in [-0.25, -0.2) is 0 Å². The van der Waals surface area contributed by atoms with Crippen molar-refractivity contribution in [1.29, 1.82) is 0 Å². The van der Waals surface area contributed by atoms with E-state index in [9.17, 15) is 0 Å². The van der Waals surface area contributed by atoms with Crippen LogP contribution in [0.15, 0.2) is 48.6 Å². The maximum Gasteiger partial charge on any atom is 0.123 e. The van der Waals surface area contributed by atoms with Gasteiger partial charge in [-0.15, -0.1) is 0 Å². The van der Waals surface area contributed by atoms with Crippen molar-refractivity contribution in [2.75, 3.05) is 6.61 Å². The fourth-order valence-corrected chi connectivity index (χ4v) is 2.07. The first-order chi connectivity index (χ1) is 7.45. The van der Waals surface area contributed by atoms with Crippen molar-refractivity contribution in [2.45, 2.75) is 6.42 Å². The van der Waals surface area contributed by atoms with E-state index in [1.165, 1.54) is 16.3 Å². The van der Waals surface area contributed by atoms with Crippen molar-refractivity contribution in [3.05, 3.63) is 54.1 Å². The van der Waals surface area contributed by atoms with Gasteiger partial charge in [0.15, 0.2) is 0 Å². The van der Waals surface area contributed by atoms with E-state index in [0.717, 1.165) is 12.2 Å². The first kappa shape index (κ1) is 8.54. The van der Waals surface area contributed by atoms with Crippen LogP contribution in [0.1, 0.15) is 5.56 Å². The second-order valence-corrected chi connectivity index (χ2v) is 3.75. The highest BCUT2D eigenvalue weighted by Gasteiger charge is 2.08. The lowest BCUT2D eigenvalue weighted by atomic mass is 10.0. The molecule has 0 fully saturated rings. The SMILES string of the molecule is C1=CCc2c(ccc3ccccc23)OC1. The Morgan fingerprint density at radius 3 is 2.87 bits per heavy atom. The van der Waals surface area contributed by atoms with Gasteiger partial charge in [-0.1, -0.05) is 42.5 Å². The van der Waals surface area contributed by atoms with E-state index in [-0.39, 0.29) is 0 Å². The quantitative estimate of drug-likeness (QED) is 0.587. The summed E-state index contributed by atoms with van der Waals surface area (Å²) in [6.45, 7) is 0.686. The second-order valence-electron chi connectivity index (χ2n) is 3.75. The highest BCUT2D eigenvalue weighted by Crippen LogP contribution is 2.29. The molecule has 2 aromatic rings. The van der Waals surface area contributed by atoms with Crippen LogP contribution in [0.4, 0.5) is 0 Å². The lowest BCUT2D eigenvalue weighted by molar-refractivity contribution is 0.363. The second kappa shape index (κ2) is 3.43. The largest absolute Gasteiger partial charge is 0.489 e. The van der Waals surface area contributed by atoms with E-state index < -0.39 is 0 Å². The third-order valence-electron chi connectivity index (χ3n) is 2.82. The predicted molar refractivity (Wildman–Crippen MR) is 62.3 cm³/mol. The van der Waals surface area contributed by atoms with Gasteiger partial charge >= 0.3 is 0 Å². The molecule has 0 aliphatic carbocycles. The minimum absolute atomic E-state index is 0.686. The summed E-state index contributed by atoms with van der Waals surface area (Å²) in [5, 5.41) is 2.59. The number of hydrogen-bond acceptors (Lipinski definition) is 1. The Labute approximate surface area is 89.0 Å². The minimum Gasteiger partial charge on any atom is -0.489 e. The van der Waals surface area contributed by atoms with Gasteiger partial charge < -0.3 is 4.74 Å². The van der Waals surface area contributed by atoms with Gasteiger partial charge in [0.25, 0.3) is 0 Å². The molecule has 0 saturated carbocycles. The third kappa shape index (κ3) is 1.40. The highest BCUT2D eigenvalue weighted by atomic mass is 16.5. The van der Waals surface area contributed by atoms with Crippen molar-refractivity contribution >= 4 is 10.8 Å². The molecule has 0 saturated heterocycles. The van der Waals surface area contributed by atoms with Crippen LogP contribution in [0.2, 0.25) is 0 Å². The lowest BCUT2D eigenvalue weighted by Crippen LogP contribution is -1.94. The molecular weight excluding hydrogens is 184 g/mol. The summed E-state index contributed by atoms with van der Waals surface area (Å²) < 4.78 is 5.67. The van der Waals surface area contributed by atoms with Crippen LogP contribution in [-0.2, 0) is 6.42 Å². The average Bonchev–Trinajstić information content (AvgIpc) is 2.54. The topological polar surface area (TPSA) is 9.23 Å². The van der Waals surface area contributed by atoms with E-state index in [0.29, 0.717) is 6.61 Å². The Kier molecular flexibility index (Phi) is 1.95. The number of rotatable bonds is 0. The van der Waals surface area contributed by atoms with Gasteiger partial charge in [-0.3, -0.25) is 0 Å². The third-order valence-corrected chi connectivity index (χ3v) is 2.82. The van der Waals surface area contributed by atoms with E-state index >= 15 is 0 Å². The van der Waals surface area contributed by atoms with Crippen LogP contribution in [0.3, 0.4) is 0 Å². The molecule has 0 unspecified atom stereocenters. The molecule has 1 heterocycles. The predicted octanol–water partition coefficient (Wildman–Crippen LogP) is 3.33. The molecule has 0 bridgehead atoms. The summed E-state index contributed by atoms with van der Waals surface area (Å²) in [4.78, 5) is 0. The van der Waals surface area contributed by atoms with E-state index in [1.807, 2.05) is 0 Å². The lowest BCUT2D eigenvalue weighted by Gasteiger charge is -2.09. The van der Waals surface area contributed by atoms with Gasteiger partial charge in [0.2, 0.25) is 0 Å². The standard InChI is InChI=1S/C14H12O/c1-2-6-12-11(5-1)8-9-14-13(12)7-3-4-10-15-14/h1-6,8-9H,7,10H2. The molecule has 1 nitrogen and oxygen atoms in total. The summed E-state index contributed by atoms with van der Waals surface area (Å²) in [5.74, 6) is 1.03. The Morgan fingerprint density at radius 2 is 1.87 bits per heavy atom. The molecule has 0 N–H and O–H groups in total. The van der Waals surface area contributed by atoms with E-state index in [4.69, 9.17) is 4.74 Å².